The van der Waals surface area contributed by atoms with E-state index in [2.05, 4.69) is 14.8 Å². The first-order chi connectivity index (χ1) is 13.2. The number of hydrogen-bond acceptors (Lipinski definition) is 5. The number of carbonyl (C=O) groups excluding carboxylic acids is 1. The summed E-state index contributed by atoms with van der Waals surface area (Å²) in [5, 5.41) is 0.673. The molecule has 1 amide bonds. The number of hydrogen-bond donors (Lipinski definition) is 0. The standard InChI is InChI=1S/C20H25ClN4O2/c21-17-5-3-4-16(12-17)20-22-18(15-27-20)13-23-8-10-24(11-9-23)14-19(26)25-6-1-2-7-25/h3-5,12,15H,1-2,6-11,13-14H2. The van der Waals surface area contributed by atoms with E-state index in [0.29, 0.717) is 17.5 Å². The van der Waals surface area contributed by atoms with E-state index in [4.69, 9.17) is 16.0 Å². The van der Waals surface area contributed by atoms with Crippen molar-refractivity contribution in [2.24, 2.45) is 0 Å². The topological polar surface area (TPSA) is 52.8 Å². The van der Waals surface area contributed by atoms with Gasteiger partial charge in [-0.15, -0.1) is 0 Å². The molecule has 7 heteroatoms. The molecule has 2 saturated heterocycles. The second-order valence-electron chi connectivity index (χ2n) is 7.29. The molecule has 6 nitrogen and oxygen atoms in total. The summed E-state index contributed by atoms with van der Waals surface area (Å²) in [7, 11) is 0. The van der Waals surface area contributed by atoms with Crippen LogP contribution in [-0.2, 0) is 11.3 Å². The van der Waals surface area contributed by atoms with E-state index in [0.717, 1.165) is 69.9 Å². The third-order valence-corrected chi connectivity index (χ3v) is 5.53. The van der Waals surface area contributed by atoms with Gasteiger partial charge in [0.05, 0.1) is 12.2 Å². The lowest BCUT2D eigenvalue weighted by molar-refractivity contribution is -0.131. The molecule has 0 atom stereocenters. The van der Waals surface area contributed by atoms with Crippen LogP contribution in [0.25, 0.3) is 11.5 Å². The highest BCUT2D eigenvalue weighted by Gasteiger charge is 2.23. The van der Waals surface area contributed by atoms with Gasteiger partial charge < -0.3 is 9.32 Å². The minimum absolute atomic E-state index is 0.281. The molecule has 0 aliphatic carbocycles. The van der Waals surface area contributed by atoms with Gasteiger partial charge in [-0.25, -0.2) is 4.98 Å². The molecule has 1 aromatic heterocycles. The summed E-state index contributed by atoms with van der Waals surface area (Å²) in [5.41, 5.74) is 1.81. The second-order valence-corrected chi connectivity index (χ2v) is 7.73. The lowest BCUT2D eigenvalue weighted by atomic mass is 10.2. The lowest BCUT2D eigenvalue weighted by Gasteiger charge is -2.34. The van der Waals surface area contributed by atoms with Gasteiger partial charge in [-0.3, -0.25) is 14.6 Å². The Morgan fingerprint density at radius 1 is 1.07 bits per heavy atom. The van der Waals surface area contributed by atoms with Gasteiger partial charge in [0.25, 0.3) is 0 Å². The van der Waals surface area contributed by atoms with Crippen LogP contribution in [0, 0.1) is 0 Å². The molecule has 0 radical (unpaired) electrons. The van der Waals surface area contributed by atoms with Crippen LogP contribution in [0.5, 0.6) is 0 Å². The van der Waals surface area contributed by atoms with Crippen LogP contribution in [-0.4, -0.2) is 71.4 Å². The van der Waals surface area contributed by atoms with Crippen LogP contribution in [0.1, 0.15) is 18.5 Å². The summed E-state index contributed by atoms with van der Waals surface area (Å²) in [6.07, 6.45) is 4.02. The molecule has 1 aromatic carbocycles. The number of nitrogens with zero attached hydrogens (tertiary/aromatic N) is 4. The number of rotatable bonds is 5. The van der Waals surface area contributed by atoms with Gasteiger partial charge in [0.2, 0.25) is 11.8 Å². The smallest absolute Gasteiger partial charge is 0.236 e. The molecule has 0 spiro atoms. The van der Waals surface area contributed by atoms with Crippen molar-refractivity contribution < 1.29 is 9.21 Å². The van der Waals surface area contributed by atoms with Crippen LogP contribution < -0.4 is 0 Å². The predicted molar refractivity (Wildman–Crippen MR) is 104 cm³/mol. The average molecular weight is 389 g/mol. The molecule has 0 bridgehead atoms. The monoisotopic (exact) mass is 388 g/mol. The van der Waals surface area contributed by atoms with E-state index in [1.807, 2.05) is 29.2 Å². The van der Waals surface area contributed by atoms with E-state index in [-0.39, 0.29) is 5.91 Å². The largest absolute Gasteiger partial charge is 0.444 e. The van der Waals surface area contributed by atoms with Crippen LogP contribution in [0.2, 0.25) is 5.02 Å². The number of amides is 1. The number of aromatic nitrogens is 1. The third-order valence-electron chi connectivity index (χ3n) is 5.29. The molecular weight excluding hydrogens is 364 g/mol. The molecule has 3 heterocycles. The Balaban J connectivity index is 1.26. The van der Waals surface area contributed by atoms with Crippen molar-refractivity contribution in [1.82, 2.24) is 19.7 Å². The van der Waals surface area contributed by atoms with Crippen LogP contribution >= 0.6 is 11.6 Å². The van der Waals surface area contributed by atoms with Crippen LogP contribution in [0.3, 0.4) is 0 Å². The maximum absolute atomic E-state index is 12.3. The molecular formula is C20H25ClN4O2. The lowest BCUT2D eigenvalue weighted by Crippen LogP contribution is -2.49. The van der Waals surface area contributed by atoms with Gasteiger partial charge in [-0.2, -0.15) is 0 Å². The first-order valence-corrected chi connectivity index (χ1v) is 9.98. The number of likely N-dealkylation sites (tertiary alicyclic amines) is 1. The zero-order chi connectivity index (χ0) is 18.6. The van der Waals surface area contributed by atoms with Gasteiger partial charge >= 0.3 is 0 Å². The molecule has 0 saturated carbocycles. The SMILES string of the molecule is O=C(CN1CCN(Cc2coc(-c3cccc(Cl)c3)n2)CC1)N1CCCC1. The van der Waals surface area contributed by atoms with Crippen molar-refractivity contribution in [3.8, 4) is 11.5 Å². The maximum Gasteiger partial charge on any atom is 0.236 e. The summed E-state index contributed by atoms with van der Waals surface area (Å²) in [5.74, 6) is 0.881. The zero-order valence-corrected chi connectivity index (χ0v) is 16.2. The Morgan fingerprint density at radius 3 is 2.56 bits per heavy atom. The summed E-state index contributed by atoms with van der Waals surface area (Å²) < 4.78 is 5.62. The van der Waals surface area contributed by atoms with Gasteiger partial charge in [-0.05, 0) is 31.0 Å². The quantitative estimate of drug-likeness (QED) is 0.788. The molecule has 2 aliphatic heterocycles. The highest BCUT2D eigenvalue weighted by molar-refractivity contribution is 6.30. The maximum atomic E-state index is 12.3. The van der Waals surface area contributed by atoms with Gasteiger partial charge in [0, 0.05) is 56.4 Å². The van der Waals surface area contributed by atoms with E-state index in [1.54, 1.807) is 6.26 Å². The molecule has 0 unspecified atom stereocenters. The van der Waals surface area contributed by atoms with E-state index in [9.17, 15) is 4.79 Å². The predicted octanol–water partition coefficient (Wildman–Crippen LogP) is 2.74. The Bertz CT molecular complexity index is 780. The fourth-order valence-corrected chi connectivity index (χ4v) is 3.92. The molecule has 4 rings (SSSR count). The number of carbonyl (C=O) groups is 1. The minimum Gasteiger partial charge on any atom is -0.444 e. The van der Waals surface area contributed by atoms with Crippen molar-refractivity contribution in [3.05, 3.63) is 41.2 Å². The highest BCUT2D eigenvalue weighted by atomic mass is 35.5. The summed E-state index contributed by atoms with van der Waals surface area (Å²) in [6.45, 7) is 6.88. The van der Waals surface area contributed by atoms with Gasteiger partial charge in [0.1, 0.15) is 6.26 Å². The van der Waals surface area contributed by atoms with Crippen molar-refractivity contribution in [2.75, 3.05) is 45.8 Å². The first kappa shape index (κ1) is 18.5. The van der Waals surface area contributed by atoms with Crippen molar-refractivity contribution in [3.63, 3.8) is 0 Å². The normalized spacial score (nSPS) is 18.9. The Hall–Kier alpha value is -1.89. The van der Waals surface area contributed by atoms with E-state index in [1.165, 1.54) is 0 Å². The molecule has 144 valence electrons. The fraction of sp³-hybridized carbons (Fsp3) is 0.500. The van der Waals surface area contributed by atoms with E-state index < -0.39 is 0 Å². The fourth-order valence-electron chi connectivity index (χ4n) is 3.73. The Morgan fingerprint density at radius 2 is 1.81 bits per heavy atom. The van der Waals surface area contributed by atoms with Crippen molar-refractivity contribution >= 4 is 17.5 Å². The van der Waals surface area contributed by atoms with Gasteiger partial charge in [0.15, 0.2) is 0 Å². The minimum atomic E-state index is 0.281. The van der Waals surface area contributed by atoms with Crippen molar-refractivity contribution in [1.29, 1.82) is 0 Å². The number of halogens is 1. The van der Waals surface area contributed by atoms with E-state index >= 15 is 0 Å². The molecule has 27 heavy (non-hydrogen) atoms. The number of piperazine rings is 1. The van der Waals surface area contributed by atoms with Crippen LogP contribution in [0.15, 0.2) is 34.9 Å². The Labute approximate surface area is 164 Å². The second kappa shape index (κ2) is 8.42. The van der Waals surface area contributed by atoms with Crippen molar-refractivity contribution in [2.45, 2.75) is 19.4 Å². The average Bonchev–Trinajstić information content (AvgIpc) is 3.35. The number of oxazole rings is 1. The molecule has 2 fully saturated rings. The number of benzene rings is 1. The highest BCUT2D eigenvalue weighted by Crippen LogP contribution is 2.22. The molecule has 2 aliphatic rings. The molecule has 2 aromatic rings. The summed E-state index contributed by atoms with van der Waals surface area (Å²) in [6, 6.07) is 7.53. The summed E-state index contributed by atoms with van der Waals surface area (Å²) in [4.78, 5) is 23.5. The first-order valence-electron chi connectivity index (χ1n) is 9.60. The van der Waals surface area contributed by atoms with Crippen LogP contribution in [0.4, 0.5) is 0 Å². The van der Waals surface area contributed by atoms with Gasteiger partial charge in [-0.1, -0.05) is 17.7 Å². The zero-order valence-electron chi connectivity index (χ0n) is 15.4. The molecule has 0 N–H and O–H groups in total. The summed E-state index contributed by atoms with van der Waals surface area (Å²) >= 11 is 6.04. The third kappa shape index (κ3) is 4.69. The Kier molecular flexibility index (Phi) is 5.76.